The largest absolute Gasteiger partial charge is 0.397 e. The zero-order valence-corrected chi connectivity index (χ0v) is 9.14. The van der Waals surface area contributed by atoms with Gasteiger partial charge in [-0.15, -0.1) is 11.3 Å². The molecule has 1 aromatic carbocycles. The van der Waals surface area contributed by atoms with Crippen molar-refractivity contribution in [2.45, 2.75) is 6.92 Å². The second-order valence-corrected chi connectivity index (χ2v) is 4.21. The van der Waals surface area contributed by atoms with Crippen molar-refractivity contribution in [2.75, 3.05) is 0 Å². The molecule has 15 heavy (non-hydrogen) atoms. The molecule has 0 bridgehead atoms. The van der Waals surface area contributed by atoms with Gasteiger partial charge in [-0.2, -0.15) is 5.26 Å². The SMILES string of the molecule is C/C(C#N)=C(/N)c1csc2ccccc12. The minimum atomic E-state index is 0.568. The summed E-state index contributed by atoms with van der Waals surface area (Å²) in [6, 6.07) is 10.1. The molecule has 0 unspecified atom stereocenters. The average Bonchev–Trinajstić information content (AvgIpc) is 2.70. The van der Waals surface area contributed by atoms with Gasteiger partial charge in [-0.25, -0.2) is 0 Å². The maximum atomic E-state index is 8.79. The lowest BCUT2D eigenvalue weighted by atomic mass is 10.1. The molecule has 0 aliphatic rings. The van der Waals surface area contributed by atoms with E-state index in [0.29, 0.717) is 11.3 Å². The molecule has 0 atom stereocenters. The van der Waals surface area contributed by atoms with Crippen molar-refractivity contribution in [3.05, 3.63) is 40.8 Å². The van der Waals surface area contributed by atoms with Crippen molar-refractivity contribution < 1.29 is 0 Å². The van der Waals surface area contributed by atoms with Gasteiger partial charge in [0.15, 0.2) is 0 Å². The van der Waals surface area contributed by atoms with Crippen LogP contribution in [0.3, 0.4) is 0 Å². The second kappa shape index (κ2) is 3.76. The Morgan fingerprint density at radius 3 is 2.87 bits per heavy atom. The summed E-state index contributed by atoms with van der Waals surface area (Å²) in [6.45, 7) is 1.74. The first-order chi connectivity index (χ1) is 7.24. The van der Waals surface area contributed by atoms with Crippen LogP contribution in [-0.4, -0.2) is 0 Å². The predicted molar refractivity (Wildman–Crippen MR) is 64.2 cm³/mol. The fraction of sp³-hybridized carbons (Fsp3) is 0.0833. The highest BCUT2D eigenvalue weighted by molar-refractivity contribution is 7.17. The summed E-state index contributed by atoms with van der Waals surface area (Å²) < 4.78 is 1.20. The van der Waals surface area contributed by atoms with Gasteiger partial charge in [0.05, 0.1) is 11.8 Å². The smallest absolute Gasteiger partial charge is 0.0965 e. The van der Waals surface area contributed by atoms with Crippen LogP contribution in [-0.2, 0) is 0 Å². The van der Waals surface area contributed by atoms with Gasteiger partial charge < -0.3 is 5.73 Å². The fourth-order valence-corrected chi connectivity index (χ4v) is 2.41. The highest BCUT2D eigenvalue weighted by atomic mass is 32.1. The highest BCUT2D eigenvalue weighted by Gasteiger charge is 2.07. The Kier molecular flexibility index (Phi) is 2.44. The van der Waals surface area contributed by atoms with Crippen LogP contribution in [0.15, 0.2) is 35.2 Å². The van der Waals surface area contributed by atoms with E-state index in [-0.39, 0.29) is 0 Å². The van der Waals surface area contributed by atoms with Crippen molar-refractivity contribution in [3.63, 3.8) is 0 Å². The standard InChI is InChI=1S/C12H10N2S/c1-8(6-13)12(14)10-7-15-11-5-3-2-4-9(10)11/h2-5,7H,14H2,1H3/b12-8-. The van der Waals surface area contributed by atoms with E-state index >= 15 is 0 Å². The van der Waals surface area contributed by atoms with E-state index in [1.165, 1.54) is 4.70 Å². The summed E-state index contributed by atoms with van der Waals surface area (Å²) in [4.78, 5) is 0. The molecule has 0 spiro atoms. The summed E-state index contributed by atoms with van der Waals surface area (Å²) in [5, 5.41) is 11.9. The topological polar surface area (TPSA) is 49.8 Å². The number of fused-ring (bicyclic) bond motifs is 1. The number of thiophene rings is 1. The Balaban J connectivity index is 2.69. The zero-order chi connectivity index (χ0) is 10.8. The molecule has 2 nitrogen and oxygen atoms in total. The molecule has 2 N–H and O–H groups in total. The molecule has 2 rings (SSSR count). The van der Waals surface area contributed by atoms with Crippen LogP contribution in [0.1, 0.15) is 12.5 Å². The molecule has 74 valence electrons. The quantitative estimate of drug-likeness (QED) is 0.741. The molecule has 0 aliphatic heterocycles. The molecule has 0 amide bonds. The van der Waals surface area contributed by atoms with Crippen LogP contribution < -0.4 is 5.73 Å². The Morgan fingerprint density at radius 2 is 2.13 bits per heavy atom. The first-order valence-corrected chi connectivity index (χ1v) is 5.45. The number of benzene rings is 1. The van der Waals surface area contributed by atoms with Gasteiger partial charge in [0.2, 0.25) is 0 Å². The summed E-state index contributed by atoms with van der Waals surface area (Å²) in [7, 11) is 0. The van der Waals surface area contributed by atoms with Crippen molar-refractivity contribution in [2.24, 2.45) is 5.73 Å². The summed E-state index contributed by atoms with van der Waals surface area (Å²) in [6.07, 6.45) is 0. The lowest BCUT2D eigenvalue weighted by Gasteiger charge is -2.00. The summed E-state index contributed by atoms with van der Waals surface area (Å²) >= 11 is 1.65. The van der Waals surface area contributed by atoms with Gasteiger partial charge >= 0.3 is 0 Å². The number of hydrogen-bond donors (Lipinski definition) is 1. The van der Waals surface area contributed by atoms with E-state index in [1.807, 2.05) is 23.6 Å². The van der Waals surface area contributed by atoms with Crippen LogP contribution in [0.25, 0.3) is 15.8 Å². The summed E-state index contributed by atoms with van der Waals surface area (Å²) in [5.74, 6) is 0. The number of hydrogen-bond acceptors (Lipinski definition) is 3. The second-order valence-electron chi connectivity index (χ2n) is 3.30. The molecule has 3 heteroatoms. The van der Waals surface area contributed by atoms with Gasteiger partial charge in [0.1, 0.15) is 0 Å². The van der Waals surface area contributed by atoms with Crippen molar-refractivity contribution in [1.82, 2.24) is 0 Å². The third-order valence-electron chi connectivity index (χ3n) is 2.34. The average molecular weight is 214 g/mol. The Labute approximate surface area is 92.3 Å². The number of rotatable bonds is 1. The van der Waals surface area contributed by atoms with E-state index in [9.17, 15) is 0 Å². The minimum Gasteiger partial charge on any atom is -0.397 e. The first kappa shape index (κ1) is 9.75. The number of nitrogens with two attached hydrogens (primary N) is 1. The Hall–Kier alpha value is -1.79. The zero-order valence-electron chi connectivity index (χ0n) is 8.32. The van der Waals surface area contributed by atoms with Crippen LogP contribution >= 0.6 is 11.3 Å². The van der Waals surface area contributed by atoms with Crippen LogP contribution in [0, 0.1) is 11.3 Å². The Morgan fingerprint density at radius 1 is 1.40 bits per heavy atom. The van der Waals surface area contributed by atoms with Crippen molar-refractivity contribution in [3.8, 4) is 6.07 Å². The van der Waals surface area contributed by atoms with E-state index < -0.39 is 0 Å². The first-order valence-electron chi connectivity index (χ1n) is 4.57. The molecule has 0 saturated heterocycles. The minimum absolute atomic E-state index is 0.568. The van der Waals surface area contributed by atoms with Gasteiger partial charge in [0, 0.05) is 26.6 Å². The van der Waals surface area contributed by atoms with E-state index in [0.717, 1.165) is 10.9 Å². The van der Waals surface area contributed by atoms with Gasteiger partial charge in [-0.3, -0.25) is 0 Å². The Bertz CT molecular complexity index is 573. The van der Waals surface area contributed by atoms with Crippen LogP contribution in [0.2, 0.25) is 0 Å². The van der Waals surface area contributed by atoms with E-state index in [4.69, 9.17) is 11.0 Å². The normalized spacial score (nSPS) is 12.3. The van der Waals surface area contributed by atoms with E-state index in [2.05, 4.69) is 12.1 Å². The number of nitriles is 1. The van der Waals surface area contributed by atoms with Crippen LogP contribution in [0.5, 0.6) is 0 Å². The molecule has 1 heterocycles. The molecular formula is C12H10N2S. The van der Waals surface area contributed by atoms with Crippen molar-refractivity contribution >= 4 is 27.1 Å². The predicted octanol–water partition coefficient (Wildman–Crippen LogP) is 3.11. The molecule has 0 fully saturated rings. The van der Waals surface area contributed by atoms with Gasteiger partial charge in [0.25, 0.3) is 0 Å². The molecule has 0 radical (unpaired) electrons. The number of allylic oxidation sites excluding steroid dienone is 1. The molecular weight excluding hydrogens is 204 g/mol. The lowest BCUT2D eigenvalue weighted by molar-refractivity contribution is 1.41. The highest BCUT2D eigenvalue weighted by Crippen LogP contribution is 2.29. The van der Waals surface area contributed by atoms with Gasteiger partial charge in [-0.1, -0.05) is 18.2 Å². The third-order valence-corrected chi connectivity index (χ3v) is 3.31. The molecule has 1 aromatic heterocycles. The summed E-state index contributed by atoms with van der Waals surface area (Å²) in [5.41, 5.74) is 8.04. The number of nitrogens with zero attached hydrogens (tertiary/aromatic N) is 1. The van der Waals surface area contributed by atoms with Crippen molar-refractivity contribution in [1.29, 1.82) is 5.26 Å². The molecule has 2 aromatic rings. The molecule has 0 aliphatic carbocycles. The van der Waals surface area contributed by atoms with Gasteiger partial charge in [-0.05, 0) is 13.0 Å². The maximum Gasteiger partial charge on any atom is 0.0965 e. The monoisotopic (exact) mass is 214 g/mol. The lowest BCUT2D eigenvalue weighted by Crippen LogP contribution is -1.97. The third kappa shape index (κ3) is 1.60. The fourth-order valence-electron chi connectivity index (χ4n) is 1.45. The molecule has 0 saturated carbocycles. The maximum absolute atomic E-state index is 8.79. The van der Waals surface area contributed by atoms with Crippen LogP contribution in [0.4, 0.5) is 0 Å². The van der Waals surface area contributed by atoms with E-state index in [1.54, 1.807) is 18.3 Å².